The molecule has 4 heterocycles. The van der Waals surface area contributed by atoms with Gasteiger partial charge >= 0.3 is 0 Å². The molecule has 2 aromatic rings. The standard InChI is InChI=1S/C23H35N5O2/c1-18-5-10-27(14-23(18)6-3-2-4-7-23)20-19-21(25-16-24-20)28(17-26-19)13-22(15-29)8-11-30-12-9-22/h16-18,29H,2-15H2,1H3. The summed E-state index contributed by atoms with van der Waals surface area (Å²) in [6, 6.07) is 0. The van der Waals surface area contributed by atoms with Gasteiger partial charge in [0, 0.05) is 38.3 Å². The van der Waals surface area contributed by atoms with Gasteiger partial charge in [0.1, 0.15) is 6.33 Å². The molecule has 7 heteroatoms. The number of rotatable bonds is 4. The molecule has 0 aromatic carbocycles. The number of hydrogen-bond acceptors (Lipinski definition) is 6. The van der Waals surface area contributed by atoms with Crippen molar-refractivity contribution in [3.8, 4) is 0 Å². The van der Waals surface area contributed by atoms with Gasteiger partial charge in [0.2, 0.25) is 0 Å². The SMILES string of the molecule is CC1CCN(c2ncnc3c2ncn3CC2(CO)CCOCC2)CC12CCCCC2. The lowest BCUT2D eigenvalue weighted by molar-refractivity contribution is -0.0248. The van der Waals surface area contributed by atoms with Crippen LogP contribution in [0.15, 0.2) is 12.7 Å². The number of aliphatic hydroxyl groups excluding tert-OH is 1. The van der Waals surface area contributed by atoms with Crippen molar-refractivity contribution in [2.45, 2.75) is 64.8 Å². The predicted octanol–water partition coefficient (Wildman–Crippen LogP) is 3.41. The predicted molar refractivity (Wildman–Crippen MR) is 116 cm³/mol. The van der Waals surface area contributed by atoms with Crippen LogP contribution in [0.1, 0.15) is 58.3 Å². The molecule has 1 spiro atoms. The smallest absolute Gasteiger partial charge is 0.165 e. The van der Waals surface area contributed by atoms with Gasteiger partial charge in [-0.2, -0.15) is 0 Å². The fourth-order valence-electron chi connectivity index (χ4n) is 6.11. The van der Waals surface area contributed by atoms with Crippen LogP contribution in [0.5, 0.6) is 0 Å². The van der Waals surface area contributed by atoms with Crippen molar-refractivity contribution in [3.63, 3.8) is 0 Å². The minimum absolute atomic E-state index is 0.149. The number of anilines is 1. The molecule has 2 aromatic heterocycles. The van der Waals surface area contributed by atoms with Crippen LogP contribution < -0.4 is 4.90 Å². The molecule has 0 radical (unpaired) electrons. The summed E-state index contributed by atoms with van der Waals surface area (Å²) in [6.07, 6.45) is 13.3. The molecule has 164 valence electrons. The van der Waals surface area contributed by atoms with Crippen LogP contribution in [0, 0.1) is 16.7 Å². The van der Waals surface area contributed by atoms with Gasteiger partial charge in [-0.05, 0) is 43.4 Å². The van der Waals surface area contributed by atoms with Gasteiger partial charge in [0.15, 0.2) is 17.0 Å². The van der Waals surface area contributed by atoms with Crippen molar-refractivity contribution in [1.29, 1.82) is 0 Å². The highest BCUT2D eigenvalue weighted by Gasteiger charge is 2.42. The summed E-state index contributed by atoms with van der Waals surface area (Å²) in [5.41, 5.74) is 2.07. The molecule has 0 bridgehead atoms. The molecule has 1 N–H and O–H groups in total. The van der Waals surface area contributed by atoms with Crippen LogP contribution >= 0.6 is 0 Å². The Morgan fingerprint density at radius 1 is 1.10 bits per heavy atom. The average Bonchev–Trinajstić information content (AvgIpc) is 3.20. The lowest BCUT2D eigenvalue weighted by Gasteiger charge is -2.50. The normalized spacial score (nSPS) is 26.3. The van der Waals surface area contributed by atoms with Crippen molar-refractivity contribution in [3.05, 3.63) is 12.7 Å². The van der Waals surface area contributed by atoms with Crippen LogP contribution in [-0.4, -0.2) is 57.5 Å². The molecule has 7 nitrogen and oxygen atoms in total. The highest BCUT2D eigenvalue weighted by Crippen LogP contribution is 2.47. The molecule has 5 rings (SSSR count). The van der Waals surface area contributed by atoms with E-state index < -0.39 is 0 Å². The Kier molecular flexibility index (Phi) is 5.44. The summed E-state index contributed by atoms with van der Waals surface area (Å²) >= 11 is 0. The Hall–Kier alpha value is -1.73. The summed E-state index contributed by atoms with van der Waals surface area (Å²) in [7, 11) is 0. The number of nitrogens with zero attached hydrogens (tertiary/aromatic N) is 5. The molecule has 2 saturated heterocycles. The first-order chi connectivity index (χ1) is 14.6. The number of fused-ring (bicyclic) bond motifs is 1. The van der Waals surface area contributed by atoms with Crippen LogP contribution in [-0.2, 0) is 11.3 Å². The van der Waals surface area contributed by atoms with E-state index in [1.54, 1.807) is 6.33 Å². The highest BCUT2D eigenvalue weighted by atomic mass is 16.5. The van der Waals surface area contributed by atoms with Gasteiger partial charge in [-0.3, -0.25) is 0 Å². The van der Waals surface area contributed by atoms with Crippen molar-refractivity contribution < 1.29 is 9.84 Å². The zero-order chi connectivity index (χ0) is 20.6. The fourth-order valence-corrected chi connectivity index (χ4v) is 6.11. The Morgan fingerprint density at radius 2 is 1.90 bits per heavy atom. The second kappa shape index (κ2) is 8.08. The van der Waals surface area contributed by atoms with E-state index in [4.69, 9.17) is 14.7 Å². The third kappa shape index (κ3) is 3.50. The number of piperidine rings is 1. The quantitative estimate of drug-likeness (QED) is 0.828. The first-order valence-electron chi connectivity index (χ1n) is 11.7. The summed E-state index contributed by atoms with van der Waals surface area (Å²) < 4.78 is 7.64. The number of ether oxygens (including phenoxy) is 1. The van der Waals surface area contributed by atoms with E-state index in [-0.39, 0.29) is 12.0 Å². The van der Waals surface area contributed by atoms with Crippen LogP contribution in [0.3, 0.4) is 0 Å². The first-order valence-corrected chi connectivity index (χ1v) is 11.7. The third-order valence-corrected chi connectivity index (χ3v) is 8.31. The van der Waals surface area contributed by atoms with E-state index in [0.717, 1.165) is 55.4 Å². The lowest BCUT2D eigenvalue weighted by atomic mass is 9.63. The van der Waals surface area contributed by atoms with Gasteiger partial charge in [0.05, 0.1) is 12.9 Å². The van der Waals surface area contributed by atoms with Gasteiger partial charge < -0.3 is 19.3 Å². The molecule has 30 heavy (non-hydrogen) atoms. The largest absolute Gasteiger partial charge is 0.396 e. The van der Waals surface area contributed by atoms with E-state index in [2.05, 4.69) is 21.4 Å². The Balaban J connectivity index is 1.43. The zero-order valence-corrected chi connectivity index (χ0v) is 18.2. The van der Waals surface area contributed by atoms with Gasteiger partial charge in [-0.1, -0.05) is 26.2 Å². The number of hydrogen-bond donors (Lipinski definition) is 1. The minimum Gasteiger partial charge on any atom is -0.396 e. The summed E-state index contributed by atoms with van der Waals surface area (Å²) in [4.78, 5) is 16.5. The van der Waals surface area contributed by atoms with Crippen molar-refractivity contribution in [1.82, 2.24) is 19.5 Å². The van der Waals surface area contributed by atoms with Crippen molar-refractivity contribution in [2.75, 3.05) is 37.8 Å². The van der Waals surface area contributed by atoms with Crippen molar-refractivity contribution >= 4 is 17.0 Å². The van der Waals surface area contributed by atoms with E-state index in [0.29, 0.717) is 18.6 Å². The number of aromatic nitrogens is 4. The zero-order valence-electron chi connectivity index (χ0n) is 18.2. The maximum atomic E-state index is 10.1. The molecule has 1 saturated carbocycles. The molecule has 1 aliphatic carbocycles. The topological polar surface area (TPSA) is 76.3 Å². The lowest BCUT2D eigenvalue weighted by Crippen LogP contribution is -2.49. The van der Waals surface area contributed by atoms with Crippen LogP contribution in [0.2, 0.25) is 0 Å². The van der Waals surface area contributed by atoms with Crippen molar-refractivity contribution in [2.24, 2.45) is 16.7 Å². The molecule has 3 fully saturated rings. The van der Waals surface area contributed by atoms with Gasteiger partial charge in [0.25, 0.3) is 0 Å². The van der Waals surface area contributed by atoms with Gasteiger partial charge in [-0.15, -0.1) is 0 Å². The summed E-state index contributed by atoms with van der Waals surface area (Å²) in [5, 5.41) is 10.1. The Morgan fingerprint density at radius 3 is 2.67 bits per heavy atom. The fraction of sp³-hybridized carbons (Fsp3) is 0.783. The second-order valence-electron chi connectivity index (χ2n) is 10.0. The van der Waals surface area contributed by atoms with E-state index in [1.807, 2.05) is 6.33 Å². The highest BCUT2D eigenvalue weighted by molar-refractivity contribution is 5.83. The van der Waals surface area contributed by atoms with E-state index >= 15 is 0 Å². The first kappa shape index (κ1) is 20.2. The molecule has 3 aliphatic rings. The maximum Gasteiger partial charge on any atom is 0.165 e. The molecule has 2 aliphatic heterocycles. The molecule has 0 amide bonds. The Labute approximate surface area is 178 Å². The summed E-state index contributed by atoms with van der Waals surface area (Å²) in [5.74, 6) is 1.77. The molecular weight excluding hydrogens is 378 g/mol. The molecule has 1 atom stereocenters. The van der Waals surface area contributed by atoms with E-state index in [9.17, 15) is 5.11 Å². The third-order valence-electron chi connectivity index (χ3n) is 8.31. The van der Waals surface area contributed by atoms with Crippen LogP contribution in [0.4, 0.5) is 5.82 Å². The maximum absolute atomic E-state index is 10.1. The Bertz CT molecular complexity index is 870. The summed E-state index contributed by atoms with van der Waals surface area (Å²) in [6.45, 7) is 6.89. The minimum atomic E-state index is -0.149. The van der Waals surface area contributed by atoms with Gasteiger partial charge in [-0.25, -0.2) is 15.0 Å². The monoisotopic (exact) mass is 413 g/mol. The second-order valence-corrected chi connectivity index (χ2v) is 10.0. The number of imidazole rings is 1. The van der Waals surface area contributed by atoms with E-state index in [1.165, 1.54) is 38.5 Å². The average molecular weight is 414 g/mol. The van der Waals surface area contributed by atoms with Crippen LogP contribution in [0.25, 0.3) is 11.2 Å². The number of aliphatic hydroxyl groups is 1. The molecule has 1 unspecified atom stereocenters. The molecular formula is C23H35N5O2.